The van der Waals surface area contributed by atoms with Gasteiger partial charge >= 0.3 is 0 Å². The van der Waals surface area contributed by atoms with E-state index in [0.717, 1.165) is 54.8 Å². The van der Waals surface area contributed by atoms with Gasteiger partial charge in [-0.3, -0.25) is 0 Å². The maximum absolute atomic E-state index is 4.98. The van der Waals surface area contributed by atoms with Crippen molar-refractivity contribution in [1.82, 2.24) is 15.2 Å². The molecule has 0 amide bonds. The van der Waals surface area contributed by atoms with Crippen LogP contribution in [0.4, 0.5) is 5.69 Å². The maximum Gasteiger partial charge on any atom is 0.156 e. The first-order chi connectivity index (χ1) is 10.3. The van der Waals surface area contributed by atoms with Crippen LogP contribution < -0.4 is 5.32 Å². The second-order valence-electron chi connectivity index (χ2n) is 5.48. The number of piperazine rings is 1. The second-order valence-corrected chi connectivity index (χ2v) is 6.77. The van der Waals surface area contributed by atoms with E-state index >= 15 is 0 Å². The highest BCUT2D eigenvalue weighted by atomic mass is 32.1. The average molecular weight is 298 g/mol. The van der Waals surface area contributed by atoms with Crippen LogP contribution in [0.25, 0.3) is 0 Å². The molecule has 0 bridgehead atoms. The first kappa shape index (κ1) is 13.0. The smallest absolute Gasteiger partial charge is 0.156 e. The molecule has 0 unspecified atom stereocenters. The van der Waals surface area contributed by atoms with Crippen molar-refractivity contribution >= 4 is 22.9 Å². The monoisotopic (exact) mass is 298 g/mol. The number of fused-ring (bicyclic) bond motifs is 2. The largest absolute Gasteiger partial charge is 0.352 e. The fourth-order valence-corrected chi connectivity index (χ4v) is 3.93. The third-order valence-electron chi connectivity index (χ3n) is 4.00. The number of amidine groups is 1. The zero-order valence-electron chi connectivity index (χ0n) is 12.1. The molecule has 0 aliphatic carbocycles. The predicted molar refractivity (Wildman–Crippen MR) is 86.7 cm³/mol. The van der Waals surface area contributed by atoms with Gasteiger partial charge in [-0.15, -0.1) is 11.3 Å². The van der Waals surface area contributed by atoms with E-state index < -0.39 is 0 Å². The van der Waals surface area contributed by atoms with E-state index in [1.54, 1.807) is 11.3 Å². The van der Waals surface area contributed by atoms with Gasteiger partial charge in [0.05, 0.1) is 10.7 Å². The summed E-state index contributed by atoms with van der Waals surface area (Å²) in [7, 11) is 0. The Morgan fingerprint density at radius 2 is 2.00 bits per heavy atom. The van der Waals surface area contributed by atoms with Crippen LogP contribution in [0.3, 0.4) is 0 Å². The van der Waals surface area contributed by atoms with Gasteiger partial charge in [0.2, 0.25) is 0 Å². The Hall–Kier alpha value is -1.72. The van der Waals surface area contributed by atoms with Crippen LogP contribution in [-0.2, 0) is 6.42 Å². The number of para-hydroxylation sites is 1. The molecule has 3 heterocycles. The molecule has 0 spiro atoms. The van der Waals surface area contributed by atoms with E-state index in [0.29, 0.717) is 0 Å². The third kappa shape index (κ3) is 2.36. The molecular weight excluding hydrogens is 280 g/mol. The van der Waals surface area contributed by atoms with Crippen LogP contribution in [0.2, 0.25) is 0 Å². The number of hydrogen-bond donors (Lipinski definition) is 1. The zero-order valence-corrected chi connectivity index (χ0v) is 12.9. The van der Waals surface area contributed by atoms with Crippen molar-refractivity contribution in [2.75, 3.05) is 26.2 Å². The number of nitrogens with one attached hydrogen (secondary N) is 1. The Morgan fingerprint density at radius 3 is 2.86 bits per heavy atom. The Labute approximate surface area is 128 Å². The van der Waals surface area contributed by atoms with Crippen molar-refractivity contribution in [2.45, 2.75) is 13.3 Å². The van der Waals surface area contributed by atoms with Crippen LogP contribution in [0, 0.1) is 6.92 Å². The zero-order chi connectivity index (χ0) is 14.2. The Morgan fingerprint density at radius 1 is 1.19 bits per heavy atom. The van der Waals surface area contributed by atoms with Crippen LogP contribution >= 0.6 is 11.3 Å². The van der Waals surface area contributed by atoms with Crippen molar-refractivity contribution in [1.29, 1.82) is 0 Å². The summed E-state index contributed by atoms with van der Waals surface area (Å²) in [5, 5.41) is 4.53. The van der Waals surface area contributed by atoms with E-state index in [2.05, 4.69) is 41.4 Å². The van der Waals surface area contributed by atoms with Crippen LogP contribution in [0.5, 0.6) is 0 Å². The number of aliphatic imine (C=N–C) groups is 1. The molecule has 1 N–H and O–H groups in total. The number of aromatic nitrogens is 1. The van der Waals surface area contributed by atoms with E-state index in [1.807, 2.05) is 0 Å². The van der Waals surface area contributed by atoms with Crippen LogP contribution in [0.15, 0.2) is 29.3 Å². The number of aryl methyl sites for hydroxylation is 1. The number of benzene rings is 1. The van der Waals surface area contributed by atoms with E-state index in [1.165, 1.54) is 10.4 Å². The number of rotatable bonds is 0. The van der Waals surface area contributed by atoms with Crippen molar-refractivity contribution in [3.63, 3.8) is 0 Å². The fourth-order valence-electron chi connectivity index (χ4n) is 2.97. The highest BCUT2D eigenvalue weighted by molar-refractivity contribution is 7.11. The standard InChI is InChI=1S/C16H18N4S/c1-11-18-15-14(21-11)10-12-4-2-3-5-13(12)19-16(15)20-8-6-17-7-9-20/h2-5,17H,6-10H2,1H3. The third-order valence-corrected chi connectivity index (χ3v) is 4.97. The van der Waals surface area contributed by atoms with Crippen LogP contribution in [-0.4, -0.2) is 41.9 Å². The van der Waals surface area contributed by atoms with Gasteiger partial charge in [-0.05, 0) is 18.6 Å². The summed E-state index contributed by atoms with van der Waals surface area (Å²) < 4.78 is 0. The molecule has 2 aliphatic heterocycles. The Kier molecular flexibility index (Phi) is 3.24. The summed E-state index contributed by atoms with van der Waals surface area (Å²) in [6, 6.07) is 8.45. The number of nitrogens with zero attached hydrogens (tertiary/aromatic N) is 3. The van der Waals surface area contributed by atoms with Gasteiger partial charge in [0.25, 0.3) is 0 Å². The van der Waals surface area contributed by atoms with Gasteiger partial charge in [-0.25, -0.2) is 9.98 Å². The van der Waals surface area contributed by atoms with Gasteiger partial charge < -0.3 is 10.2 Å². The average Bonchev–Trinajstić information content (AvgIpc) is 2.80. The molecule has 108 valence electrons. The van der Waals surface area contributed by atoms with E-state index in [4.69, 9.17) is 9.98 Å². The highest BCUT2D eigenvalue weighted by Gasteiger charge is 2.25. The van der Waals surface area contributed by atoms with E-state index in [-0.39, 0.29) is 0 Å². The van der Waals surface area contributed by atoms with Crippen molar-refractivity contribution in [2.24, 2.45) is 4.99 Å². The predicted octanol–water partition coefficient (Wildman–Crippen LogP) is 2.34. The van der Waals surface area contributed by atoms with Crippen molar-refractivity contribution in [3.05, 3.63) is 45.4 Å². The lowest BCUT2D eigenvalue weighted by Gasteiger charge is -2.29. The summed E-state index contributed by atoms with van der Waals surface area (Å²) in [5.41, 5.74) is 3.48. The number of hydrogen-bond acceptors (Lipinski definition) is 5. The molecule has 0 saturated carbocycles. The summed E-state index contributed by atoms with van der Waals surface area (Å²) in [6.45, 7) is 6.10. The molecule has 1 aromatic heterocycles. The SMILES string of the molecule is Cc1nc2c(s1)Cc1ccccc1N=C2N1CCNCC1. The summed E-state index contributed by atoms with van der Waals surface area (Å²) >= 11 is 1.80. The molecule has 0 radical (unpaired) electrons. The quantitative estimate of drug-likeness (QED) is 0.811. The molecule has 1 fully saturated rings. The summed E-state index contributed by atoms with van der Waals surface area (Å²) in [4.78, 5) is 13.5. The Balaban J connectivity index is 1.86. The van der Waals surface area contributed by atoms with Crippen molar-refractivity contribution < 1.29 is 0 Å². The molecule has 4 rings (SSSR count). The van der Waals surface area contributed by atoms with Gasteiger partial charge in [0, 0.05) is 37.5 Å². The molecule has 0 atom stereocenters. The normalized spacial score (nSPS) is 17.8. The molecule has 2 aromatic rings. The molecule has 4 nitrogen and oxygen atoms in total. The minimum atomic E-state index is 0.941. The highest BCUT2D eigenvalue weighted by Crippen LogP contribution is 2.32. The minimum absolute atomic E-state index is 0.941. The molecule has 1 saturated heterocycles. The van der Waals surface area contributed by atoms with Gasteiger partial charge in [0.15, 0.2) is 5.84 Å². The molecule has 2 aliphatic rings. The lowest BCUT2D eigenvalue weighted by atomic mass is 10.1. The lowest BCUT2D eigenvalue weighted by molar-refractivity contribution is 0.357. The van der Waals surface area contributed by atoms with Gasteiger partial charge in [-0.2, -0.15) is 0 Å². The van der Waals surface area contributed by atoms with Gasteiger partial charge in [-0.1, -0.05) is 18.2 Å². The van der Waals surface area contributed by atoms with Gasteiger partial charge in [0.1, 0.15) is 5.69 Å². The second kappa shape index (κ2) is 5.24. The minimum Gasteiger partial charge on any atom is -0.352 e. The summed E-state index contributed by atoms with van der Waals surface area (Å²) in [6.07, 6.45) is 0.941. The molecule has 5 heteroatoms. The Bertz CT molecular complexity index is 698. The molecule has 1 aromatic carbocycles. The summed E-state index contributed by atoms with van der Waals surface area (Å²) in [5.74, 6) is 1.06. The van der Waals surface area contributed by atoms with E-state index in [9.17, 15) is 0 Å². The first-order valence-electron chi connectivity index (χ1n) is 7.40. The maximum atomic E-state index is 4.98. The fraction of sp³-hybridized carbons (Fsp3) is 0.375. The molecular formula is C16H18N4S. The first-order valence-corrected chi connectivity index (χ1v) is 8.22. The molecule has 21 heavy (non-hydrogen) atoms. The lowest BCUT2D eigenvalue weighted by Crippen LogP contribution is -2.46. The van der Waals surface area contributed by atoms with Crippen molar-refractivity contribution in [3.8, 4) is 0 Å². The van der Waals surface area contributed by atoms with Crippen LogP contribution in [0.1, 0.15) is 21.1 Å². The number of thiazole rings is 1. The topological polar surface area (TPSA) is 40.5 Å².